The Morgan fingerprint density at radius 1 is 0.970 bits per heavy atom. The van der Waals surface area contributed by atoms with Gasteiger partial charge in [0.05, 0.1) is 34.6 Å². The summed E-state index contributed by atoms with van der Waals surface area (Å²) in [6, 6.07) is 20.0. The second-order valence-corrected chi connectivity index (χ2v) is 9.78. The average Bonchev–Trinajstić information content (AvgIpc) is 2.83. The Morgan fingerprint density at radius 3 is 2.27 bits per heavy atom. The first kappa shape index (κ1) is 22.7. The van der Waals surface area contributed by atoms with Gasteiger partial charge >= 0.3 is 0 Å². The molecule has 0 N–H and O–H groups in total. The maximum atomic E-state index is 13.6. The predicted octanol–water partition coefficient (Wildman–Crippen LogP) is 4.08. The molecule has 1 aromatic heterocycles. The Morgan fingerprint density at radius 2 is 1.61 bits per heavy atom. The normalized spacial score (nSPS) is 12.8. The second kappa shape index (κ2) is 8.80. The number of sulfonamides is 1. The van der Waals surface area contributed by atoms with Gasteiger partial charge in [-0.15, -0.1) is 0 Å². The lowest BCUT2D eigenvalue weighted by atomic mass is 10.1. The zero-order valence-corrected chi connectivity index (χ0v) is 19.7. The molecule has 7 nitrogen and oxygen atoms in total. The lowest BCUT2D eigenvalue weighted by molar-refractivity contribution is 0.378. The van der Waals surface area contributed by atoms with E-state index in [2.05, 4.69) is 0 Å². The second-order valence-electron chi connectivity index (χ2n) is 7.79. The number of aromatic nitrogens is 2. The van der Waals surface area contributed by atoms with Gasteiger partial charge < -0.3 is 4.74 Å². The highest BCUT2D eigenvalue weighted by atomic mass is 32.2. The van der Waals surface area contributed by atoms with Gasteiger partial charge in [-0.2, -0.15) is 4.31 Å². The van der Waals surface area contributed by atoms with Crippen LogP contribution in [-0.2, 0) is 10.0 Å². The number of hydrogen-bond acceptors (Lipinski definition) is 5. The van der Waals surface area contributed by atoms with Gasteiger partial charge in [0.25, 0.3) is 5.56 Å². The maximum Gasteiger partial charge on any atom is 0.266 e. The van der Waals surface area contributed by atoms with E-state index in [1.165, 1.54) is 35.2 Å². The number of ether oxygens (including phenoxy) is 1. The molecule has 0 bridgehead atoms. The van der Waals surface area contributed by atoms with E-state index in [9.17, 15) is 13.2 Å². The molecule has 1 atom stereocenters. The Labute approximate surface area is 192 Å². The number of benzene rings is 3. The van der Waals surface area contributed by atoms with Gasteiger partial charge in [-0.05, 0) is 61.9 Å². The van der Waals surface area contributed by atoms with E-state index < -0.39 is 16.1 Å². The van der Waals surface area contributed by atoms with Crippen molar-refractivity contribution in [1.82, 2.24) is 13.9 Å². The van der Waals surface area contributed by atoms with E-state index in [1.54, 1.807) is 43.3 Å². The van der Waals surface area contributed by atoms with Crippen LogP contribution in [0.15, 0.2) is 82.5 Å². The Kier molecular flexibility index (Phi) is 6.05. The van der Waals surface area contributed by atoms with Crippen LogP contribution in [0.5, 0.6) is 5.75 Å². The minimum atomic E-state index is -3.86. The molecule has 1 heterocycles. The van der Waals surface area contributed by atoms with Crippen molar-refractivity contribution in [3.8, 4) is 11.4 Å². The molecular formula is C25H25N3O4S. The van der Waals surface area contributed by atoms with Crippen molar-refractivity contribution in [2.45, 2.75) is 24.8 Å². The van der Waals surface area contributed by atoms with Crippen molar-refractivity contribution < 1.29 is 13.2 Å². The first-order valence-corrected chi connectivity index (χ1v) is 11.9. The molecule has 1 unspecified atom stereocenters. The van der Waals surface area contributed by atoms with Crippen LogP contribution in [0.3, 0.4) is 0 Å². The lowest BCUT2D eigenvalue weighted by Gasteiger charge is -2.27. The molecule has 8 heteroatoms. The fraction of sp³-hybridized carbons (Fsp3) is 0.200. The van der Waals surface area contributed by atoms with Crippen LogP contribution >= 0.6 is 0 Å². The summed E-state index contributed by atoms with van der Waals surface area (Å²) in [4.78, 5) is 18.4. The van der Waals surface area contributed by atoms with Crippen LogP contribution in [0.1, 0.15) is 24.4 Å². The van der Waals surface area contributed by atoms with Crippen molar-refractivity contribution >= 4 is 20.9 Å². The molecule has 0 amide bonds. The van der Waals surface area contributed by atoms with Crippen LogP contribution in [0.4, 0.5) is 0 Å². The molecule has 0 spiro atoms. The lowest BCUT2D eigenvalue weighted by Crippen LogP contribution is -2.35. The quantitative estimate of drug-likeness (QED) is 0.430. The van der Waals surface area contributed by atoms with Crippen LogP contribution in [0.2, 0.25) is 0 Å². The summed E-state index contributed by atoms with van der Waals surface area (Å²) in [6.45, 7) is 3.63. The van der Waals surface area contributed by atoms with E-state index in [-0.39, 0.29) is 10.5 Å². The number of aryl methyl sites for hydroxylation is 1. The molecule has 0 aliphatic carbocycles. The molecule has 0 radical (unpaired) electrons. The van der Waals surface area contributed by atoms with Crippen molar-refractivity contribution in [3.63, 3.8) is 0 Å². The summed E-state index contributed by atoms with van der Waals surface area (Å²) >= 11 is 0. The summed E-state index contributed by atoms with van der Waals surface area (Å²) in [5.74, 6) is 0.904. The highest BCUT2D eigenvalue weighted by Gasteiger charge is 2.30. The van der Waals surface area contributed by atoms with Gasteiger partial charge in [0.15, 0.2) is 0 Å². The average molecular weight is 464 g/mol. The van der Waals surface area contributed by atoms with E-state index in [4.69, 9.17) is 9.72 Å². The van der Waals surface area contributed by atoms with E-state index in [0.29, 0.717) is 28.2 Å². The first-order chi connectivity index (χ1) is 15.8. The van der Waals surface area contributed by atoms with Crippen molar-refractivity contribution in [1.29, 1.82) is 0 Å². The molecular weight excluding hydrogens is 438 g/mol. The molecule has 0 saturated carbocycles. The third-order valence-electron chi connectivity index (χ3n) is 5.81. The van der Waals surface area contributed by atoms with Gasteiger partial charge in [0.1, 0.15) is 11.6 Å². The number of para-hydroxylation sites is 2. The van der Waals surface area contributed by atoms with Crippen LogP contribution in [-0.4, -0.2) is 36.4 Å². The van der Waals surface area contributed by atoms with Crippen molar-refractivity contribution in [3.05, 3.63) is 94.5 Å². The zero-order valence-electron chi connectivity index (χ0n) is 18.9. The van der Waals surface area contributed by atoms with Crippen LogP contribution in [0, 0.1) is 6.92 Å². The van der Waals surface area contributed by atoms with Gasteiger partial charge in [-0.1, -0.05) is 30.3 Å². The predicted molar refractivity (Wildman–Crippen MR) is 128 cm³/mol. The first-order valence-electron chi connectivity index (χ1n) is 10.5. The van der Waals surface area contributed by atoms with Gasteiger partial charge in [0, 0.05) is 7.05 Å². The van der Waals surface area contributed by atoms with Gasteiger partial charge in [0.2, 0.25) is 10.0 Å². The van der Waals surface area contributed by atoms with Gasteiger partial charge in [-0.3, -0.25) is 9.36 Å². The third-order valence-corrected chi connectivity index (χ3v) is 7.76. The minimum Gasteiger partial charge on any atom is -0.497 e. The van der Waals surface area contributed by atoms with Crippen LogP contribution < -0.4 is 10.3 Å². The SMILES string of the molecule is COc1ccc(S(=O)(=O)N(C)C(C)c2nc3ccccc3c(=O)n2-c2ccccc2C)cc1. The fourth-order valence-corrected chi connectivity index (χ4v) is 5.09. The zero-order chi connectivity index (χ0) is 23.8. The molecule has 0 aliphatic heterocycles. The Balaban J connectivity index is 1.90. The van der Waals surface area contributed by atoms with E-state index in [1.807, 2.05) is 31.2 Å². The number of nitrogens with zero attached hydrogens (tertiary/aromatic N) is 3. The number of rotatable bonds is 6. The monoisotopic (exact) mass is 463 g/mol. The molecule has 0 aliphatic rings. The number of hydrogen-bond donors (Lipinski definition) is 0. The fourth-order valence-electron chi connectivity index (χ4n) is 3.76. The highest BCUT2D eigenvalue weighted by molar-refractivity contribution is 7.89. The number of fused-ring (bicyclic) bond motifs is 1. The molecule has 0 fully saturated rings. The molecule has 4 aromatic rings. The molecule has 33 heavy (non-hydrogen) atoms. The summed E-state index contributed by atoms with van der Waals surface area (Å²) in [5.41, 5.74) is 1.82. The van der Waals surface area contributed by atoms with E-state index >= 15 is 0 Å². The van der Waals surface area contributed by atoms with E-state index in [0.717, 1.165) is 5.56 Å². The summed E-state index contributed by atoms with van der Waals surface area (Å²) < 4.78 is 34.6. The third kappa shape index (κ3) is 4.03. The summed E-state index contributed by atoms with van der Waals surface area (Å²) in [5, 5.41) is 0.470. The molecule has 0 saturated heterocycles. The molecule has 4 rings (SSSR count). The largest absolute Gasteiger partial charge is 0.497 e. The molecule has 170 valence electrons. The van der Waals surface area contributed by atoms with Gasteiger partial charge in [-0.25, -0.2) is 13.4 Å². The summed E-state index contributed by atoms with van der Waals surface area (Å²) in [7, 11) is -0.849. The Hall–Kier alpha value is -3.49. The topological polar surface area (TPSA) is 81.5 Å². The maximum absolute atomic E-state index is 13.6. The minimum absolute atomic E-state index is 0.128. The standard InChI is InChI=1S/C25H25N3O4S/c1-17-9-5-8-12-23(17)28-24(26-22-11-7-6-10-21(22)25(28)29)18(2)27(3)33(30,31)20-15-13-19(32-4)14-16-20/h5-16,18H,1-4H3. The molecule has 3 aromatic carbocycles. The smallest absolute Gasteiger partial charge is 0.266 e. The Bertz CT molecular complexity index is 1480. The van der Waals surface area contributed by atoms with Crippen molar-refractivity contribution in [2.75, 3.05) is 14.2 Å². The summed E-state index contributed by atoms with van der Waals surface area (Å²) in [6.07, 6.45) is 0. The number of methoxy groups -OCH3 is 1. The van der Waals surface area contributed by atoms with Crippen LogP contribution in [0.25, 0.3) is 16.6 Å². The van der Waals surface area contributed by atoms with Crippen molar-refractivity contribution in [2.24, 2.45) is 0 Å². The highest BCUT2D eigenvalue weighted by Crippen LogP contribution is 2.28.